The largest absolute Gasteiger partial charge is 0.229 e. The summed E-state index contributed by atoms with van der Waals surface area (Å²) in [6.45, 7) is 0. The van der Waals surface area contributed by atoms with Crippen LogP contribution in [0, 0.1) is 5.92 Å². The van der Waals surface area contributed by atoms with Crippen LogP contribution >= 0.6 is 0 Å². The highest BCUT2D eigenvalue weighted by Gasteiger charge is 2.25. The van der Waals surface area contributed by atoms with Crippen molar-refractivity contribution in [1.82, 2.24) is 0 Å². The highest BCUT2D eigenvalue weighted by molar-refractivity contribution is 7.91. The van der Waals surface area contributed by atoms with Gasteiger partial charge in [0.05, 0.1) is 17.3 Å². The van der Waals surface area contributed by atoms with Gasteiger partial charge < -0.3 is 0 Å². The van der Waals surface area contributed by atoms with Crippen LogP contribution in [-0.2, 0) is 19.9 Å². The standard InChI is InChI=1S/C6H13NO4S2/c7-13(10,11)5-6-1-3-12(8,9)4-2-6/h6H,1-5H2,(H2,7,10,11). The summed E-state index contributed by atoms with van der Waals surface area (Å²) in [5, 5.41) is 4.86. The minimum atomic E-state index is -3.46. The fourth-order valence-corrected chi connectivity index (χ4v) is 4.01. The van der Waals surface area contributed by atoms with Gasteiger partial charge in [0.25, 0.3) is 0 Å². The molecule has 0 bridgehead atoms. The first-order valence-corrected chi connectivity index (χ1v) is 7.53. The summed E-state index contributed by atoms with van der Waals surface area (Å²) < 4.78 is 43.3. The van der Waals surface area contributed by atoms with Crippen LogP contribution in [0.2, 0.25) is 0 Å². The maximum absolute atomic E-state index is 11.0. The van der Waals surface area contributed by atoms with E-state index in [9.17, 15) is 16.8 Å². The van der Waals surface area contributed by atoms with Gasteiger partial charge in [0.15, 0.2) is 0 Å². The van der Waals surface area contributed by atoms with E-state index in [2.05, 4.69) is 0 Å². The van der Waals surface area contributed by atoms with E-state index in [4.69, 9.17) is 5.14 Å². The summed E-state index contributed by atoms with van der Waals surface area (Å²) in [5.74, 6) is 0.00150. The first kappa shape index (κ1) is 10.9. The molecule has 1 aliphatic rings. The Bertz CT molecular complexity index is 355. The van der Waals surface area contributed by atoms with Gasteiger partial charge in [-0.2, -0.15) is 0 Å². The van der Waals surface area contributed by atoms with E-state index in [1.165, 1.54) is 0 Å². The first-order chi connectivity index (χ1) is 5.79. The lowest BCUT2D eigenvalue weighted by molar-refractivity contribution is 0.492. The summed E-state index contributed by atoms with van der Waals surface area (Å²) in [6.07, 6.45) is 0.831. The highest BCUT2D eigenvalue weighted by atomic mass is 32.2. The van der Waals surface area contributed by atoms with Crippen molar-refractivity contribution >= 4 is 19.9 Å². The molecule has 0 spiro atoms. The molecule has 0 aromatic rings. The maximum atomic E-state index is 11.0. The van der Waals surface area contributed by atoms with Gasteiger partial charge in [-0.05, 0) is 18.8 Å². The molecule has 78 valence electrons. The van der Waals surface area contributed by atoms with E-state index >= 15 is 0 Å². The molecular formula is C6H13NO4S2. The number of sulfonamides is 1. The Morgan fingerprint density at radius 2 is 1.69 bits per heavy atom. The number of rotatable bonds is 2. The number of sulfone groups is 1. The third-order valence-corrected chi connectivity index (χ3v) is 4.79. The van der Waals surface area contributed by atoms with Crippen LogP contribution in [0.4, 0.5) is 0 Å². The second-order valence-corrected chi connectivity index (χ2v) is 7.39. The molecule has 7 heteroatoms. The van der Waals surface area contributed by atoms with E-state index in [1.54, 1.807) is 0 Å². The van der Waals surface area contributed by atoms with Crippen molar-refractivity contribution in [2.24, 2.45) is 11.1 Å². The zero-order chi connectivity index (χ0) is 10.1. The smallest absolute Gasteiger partial charge is 0.209 e. The lowest BCUT2D eigenvalue weighted by Crippen LogP contribution is -2.30. The van der Waals surface area contributed by atoms with Gasteiger partial charge in [0.2, 0.25) is 10.0 Å². The fraction of sp³-hybridized carbons (Fsp3) is 1.00. The van der Waals surface area contributed by atoms with Gasteiger partial charge in [0, 0.05) is 0 Å². The molecular weight excluding hydrogens is 214 g/mol. The molecule has 0 aromatic heterocycles. The molecule has 1 saturated heterocycles. The van der Waals surface area contributed by atoms with Crippen LogP contribution in [0.1, 0.15) is 12.8 Å². The predicted molar refractivity (Wildman–Crippen MR) is 49.4 cm³/mol. The number of nitrogens with two attached hydrogens (primary N) is 1. The average molecular weight is 227 g/mol. The Kier molecular flexibility index (Phi) is 2.98. The van der Waals surface area contributed by atoms with Crippen molar-refractivity contribution in [2.45, 2.75) is 12.8 Å². The van der Waals surface area contributed by atoms with E-state index in [1.807, 2.05) is 0 Å². The SMILES string of the molecule is NS(=O)(=O)CC1CCS(=O)(=O)CC1. The van der Waals surface area contributed by atoms with E-state index in [0.29, 0.717) is 12.8 Å². The van der Waals surface area contributed by atoms with Crippen LogP contribution in [0.5, 0.6) is 0 Å². The molecule has 1 heterocycles. The zero-order valence-electron chi connectivity index (χ0n) is 7.14. The molecule has 1 aliphatic heterocycles. The van der Waals surface area contributed by atoms with Crippen LogP contribution in [-0.4, -0.2) is 34.1 Å². The molecule has 0 saturated carbocycles. The van der Waals surface area contributed by atoms with Crippen molar-refractivity contribution in [1.29, 1.82) is 0 Å². The van der Waals surface area contributed by atoms with Gasteiger partial charge >= 0.3 is 0 Å². The van der Waals surface area contributed by atoms with Gasteiger partial charge in [0.1, 0.15) is 9.84 Å². The first-order valence-electron chi connectivity index (χ1n) is 3.99. The van der Waals surface area contributed by atoms with E-state index in [0.717, 1.165) is 0 Å². The van der Waals surface area contributed by atoms with Crippen molar-refractivity contribution < 1.29 is 16.8 Å². The molecule has 0 radical (unpaired) electrons. The molecule has 0 amide bonds. The quantitative estimate of drug-likeness (QED) is 0.661. The predicted octanol–water partition coefficient (Wildman–Crippen LogP) is -0.900. The minimum absolute atomic E-state index is 0.0847. The minimum Gasteiger partial charge on any atom is -0.229 e. The zero-order valence-corrected chi connectivity index (χ0v) is 8.77. The van der Waals surface area contributed by atoms with Gasteiger partial charge in [-0.15, -0.1) is 0 Å². The normalized spacial score (nSPS) is 24.4. The van der Waals surface area contributed by atoms with E-state index in [-0.39, 0.29) is 23.2 Å². The van der Waals surface area contributed by atoms with Crippen LogP contribution in [0.15, 0.2) is 0 Å². The Morgan fingerprint density at radius 3 is 2.08 bits per heavy atom. The summed E-state index contributed by atoms with van der Waals surface area (Å²) in [7, 11) is -6.36. The molecule has 1 fully saturated rings. The molecule has 0 atom stereocenters. The molecule has 2 N–H and O–H groups in total. The lowest BCUT2D eigenvalue weighted by Gasteiger charge is -2.20. The van der Waals surface area contributed by atoms with Crippen molar-refractivity contribution in [2.75, 3.05) is 17.3 Å². The number of hydrogen-bond acceptors (Lipinski definition) is 4. The van der Waals surface area contributed by atoms with E-state index < -0.39 is 19.9 Å². The molecule has 0 aliphatic carbocycles. The Hall–Kier alpha value is -0.140. The molecule has 5 nitrogen and oxygen atoms in total. The molecule has 0 unspecified atom stereocenters. The second kappa shape index (κ2) is 3.55. The van der Waals surface area contributed by atoms with Gasteiger partial charge in [-0.3, -0.25) is 0 Å². The Morgan fingerprint density at radius 1 is 1.23 bits per heavy atom. The van der Waals surface area contributed by atoms with Gasteiger partial charge in [-0.1, -0.05) is 0 Å². The maximum Gasteiger partial charge on any atom is 0.209 e. The number of hydrogen-bond donors (Lipinski definition) is 1. The van der Waals surface area contributed by atoms with Crippen molar-refractivity contribution in [3.05, 3.63) is 0 Å². The third kappa shape index (κ3) is 4.06. The van der Waals surface area contributed by atoms with Gasteiger partial charge in [-0.25, -0.2) is 22.0 Å². The lowest BCUT2D eigenvalue weighted by atomic mass is 10.1. The third-order valence-electron chi connectivity index (χ3n) is 2.14. The van der Waals surface area contributed by atoms with Crippen LogP contribution < -0.4 is 5.14 Å². The highest BCUT2D eigenvalue weighted by Crippen LogP contribution is 2.19. The molecule has 13 heavy (non-hydrogen) atoms. The molecule has 1 rings (SSSR count). The summed E-state index contributed by atoms with van der Waals surface area (Å²) in [4.78, 5) is 0. The summed E-state index contributed by atoms with van der Waals surface area (Å²) in [6, 6.07) is 0. The summed E-state index contributed by atoms with van der Waals surface area (Å²) >= 11 is 0. The monoisotopic (exact) mass is 227 g/mol. The molecule has 0 aromatic carbocycles. The van der Waals surface area contributed by atoms with Crippen LogP contribution in [0.3, 0.4) is 0 Å². The van der Waals surface area contributed by atoms with Crippen LogP contribution in [0.25, 0.3) is 0 Å². The Labute approximate surface area is 78.3 Å². The van der Waals surface area contributed by atoms with Crippen molar-refractivity contribution in [3.8, 4) is 0 Å². The van der Waals surface area contributed by atoms with Crippen molar-refractivity contribution in [3.63, 3.8) is 0 Å². The number of primary sulfonamides is 1. The second-order valence-electron chi connectivity index (χ2n) is 3.42. The topological polar surface area (TPSA) is 94.3 Å². The fourth-order valence-electron chi connectivity index (χ4n) is 1.43. The summed E-state index contributed by atoms with van der Waals surface area (Å²) in [5.41, 5.74) is 0. The Balaban J connectivity index is 2.52. The average Bonchev–Trinajstić information content (AvgIpc) is 1.91.